The van der Waals surface area contributed by atoms with Crippen molar-refractivity contribution in [1.29, 1.82) is 0 Å². The van der Waals surface area contributed by atoms with E-state index in [0.717, 1.165) is 39.3 Å². The quantitative estimate of drug-likeness (QED) is 0.615. The van der Waals surface area contributed by atoms with E-state index >= 15 is 0 Å². The number of hydrogen-bond donors (Lipinski definition) is 1. The molecule has 3 aromatic rings. The fourth-order valence-corrected chi connectivity index (χ4v) is 4.55. The number of piperazine rings is 1. The van der Waals surface area contributed by atoms with Gasteiger partial charge in [-0.1, -0.05) is 30.3 Å². The zero-order valence-corrected chi connectivity index (χ0v) is 17.1. The number of aromatic amines is 1. The van der Waals surface area contributed by atoms with E-state index in [9.17, 15) is 22.8 Å². The number of halogens is 3. The van der Waals surface area contributed by atoms with Crippen LogP contribution in [0, 0.1) is 0 Å². The van der Waals surface area contributed by atoms with Crippen molar-refractivity contribution in [2.45, 2.75) is 31.6 Å². The summed E-state index contributed by atoms with van der Waals surface area (Å²) in [5.41, 5.74) is 2.55. The summed E-state index contributed by atoms with van der Waals surface area (Å²) >= 11 is 0. The number of para-hydroxylation sites is 1. The number of amides is 2. The first-order valence-corrected chi connectivity index (χ1v) is 10.2. The number of benzene rings is 2. The smallest absolute Gasteiger partial charge is 0.356 e. The molecule has 0 aliphatic carbocycles. The third-order valence-electron chi connectivity index (χ3n) is 6.11. The molecule has 2 aliphatic rings. The molecule has 5 rings (SSSR count). The van der Waals surface area contributed by atoms with Gasteiger partial charge < -0.3 is 9.88 Å². The molecule has 2 atom stereocenters. The van der Waals surface area contributed by atoms with Crippen LogP contribution < -0.4 is 0 Å². The molecule has 164 valence electrons. The minimum Gasteiger partial charge on any atom is -0.356 e. The highest BCUT2D eigenvalue weighted by Crippen LogP contribution is 2.39. The lowest BCUT2D eigenvalue weighted by molar-refractivity contribution is -0.159. The number of rotatable bonds is 2. The van der Waals surface area contributed by atoms with E-state index in [2.05, 4.69) is 10.1 Å². The van der Waals surface area contributed by atoms with Gasteiger partial charge in [0.2, 0.25) is 5.91 Å². The molecule has 32 heavy (non-hydrogen) atoms. The summed E-state index contributed by atoms with van der Waals surface area (Å²) in [6, 6.07) is 11.3. The number of carbonyl (C=O) groups excluding carboxylic acids is 2. The molecule has 2 amide bonds. The summed E-state index contributed by atoms with van der Waals surface area (Å²) in [5, 5.41) is 6.25. The van der Waals surface area contributed by atoms with Crippen molar-refractivity contribution in [2.75, 3.05) is 6.54 Å². The molecule has 6 nitrogen and oxygen atoms in total. The number of H-pyrrole nitrogens is 1. The molecule has 1 aromatic heterocycles. The molecule has 1 N–H and O–H groups in total. The van der Waals surface area contributed by atoms with Crippen molar-refractivity contribution in [3.8, 4) is 0 Å². The first-order valence-electron chi connectivity index (χ1n) is 10.2. The largest absolute Gasteiger partial charge is 0.416 e. The van der Waals surface area contributed by atoms with Crippen molar-refractivity contribution >= 4 is 28.9 Å². The van der Waals surface area contributed by atoms with Gasteiger partial charge in [0.1, 0.15) is 12.6 Å². The maximum absolute atomic E-state index is 13.2. The monoisotopic (exact) mass is 440 g/mol. The first-order chi connectivity index (χ1) is 15.2. The van der Waals surface area contributed by atoms with Crippen molar-refractivity contribution in [2.24, 2.45) is 5.10 Å². The molecule has 0 unspecified atom stereocenters. The molecule has 0 bridgehead atoms. The number of nitrogens with zero attached hydrogens (tertiary/aromatic N) is 3. The van der Waals surface area contributed by atoms with E-state index in [1.165, 1.54) is 18.3 Å². The fraction of sp³-hybridized carbons (Fsp3) is 0.261. The van der Waals surface area contributed by atoms with Gasteiger partial charge in [0.25, 0.3) is 5.91 Å². The Morgan fingerprint density at radius 3 is 2.53 bits per heavy atom. The van der Waals surface area contributed by atoms with Crippen LogP contribution in [0.15, 0.2) is 53.6 Å². The Kier molecular flexibility index (Phi) is 4.58. The van der Waals surface area contributed by atoms with Crippen molar-refractivity contribution < 1.29 is 22.8 Å². The van der Waals surface area contributed by atoms with Crippen LogP contribution >= 0.6 is 0 Å². The molecule has 0 spiro atoms. The van der Waals surface area contributed by atoms with Crippen molar-refractivity contribution in [3.05, 3.63) is 70.9 Å². The molecule has 1 saturated heterocycles. The third-order valence-corrected chi connectivity index (χ3v) is 6.11. The summed E-state index contributed by atoms with van der Waals surface area (Å²) in [4.78, 5) is 31.1. The molecule has 9 heteroatoms. The summed E-state index contributed by atoms with van der Waals surface area (Å²) in [7, 11) is 0. The topological polar surface area (TPSA) is 68.8 Å². The van der Waals surface area contributed by atoms with E-state index in [1.807, 2.05) is 31.2 Å². The van der Waals surface area contributed by atoms with E-state index in [4.69, 9.17) is 0 Å². The summed E-state index contributed by atoms with van der Waals surface area (Å²) < 4.78 is 38.2. The maximum atomic E-state index is 13.2. The number of carbonyl (C=O) groups is 2. The lowest BCUT2D eigenvalue weighted by Gasteiger charge is -2.44. The third kappa shape index (κ3) is 3.24. The van der Waals surface area contributed by atoms with Gasteiger partial charge in [0, 0.05) is 23.0 Å². The molecule has 0 radical (unpaired) electrons. The number of nitrogens with one attached hydrogen (secondary N) is 1. The normalized spacial score (nSPS) is 21.4. The van der Waals surface area contributed by atoms with E-state index in [1.54, 1.807) is 4.90 Å². The zero-order chi connectivity index (χ0) is 22.6. The second-order valence-electron chi connectivity index (χ2n) is 8.02. The number of alkyl halides is 3. The van der Waals surface area contributed by atoms with Crippen LogP contribution in [0.2, 0.25) is 0 Å². The van der Waals surface area contributed by atoms with Gasteiger partial charge >= 0.3 is 6.18 Å². The zero-order valence-electron chi connectivity index (χ0n) is 17.1. The minimum absolute atomic E-state index is 0.216. The van der Waals surface area contributed by atoms with Crippen molar-refractivity contribution in [1.82, 2.24) is 14.9 Å². The highest BCUT2D eigenvalue weighted by Gasteiger charge is 2.46. The van der Waals surface area contributed by atoms with Gasteiger partial charge in [-0.05, 0) is 36.2 Å². The average molecular weight is 440 g/mol. The molecule has 2 aliphatic heterocycles. The molecular formula is C23H19F3N4O2. The van der Waals surface area contributed by atoms with Crippen LogP contribution in [0.3, 0.4) is 0 Å². The number of hydrogen-bond acceptors (Lipinski definition) is 3. The summed E-state index contributed by atoms with van der Waals surface area (Å²) in [5.74, 6) is -0.536. The number of fused-ring (bicyclic) bond motifs is 4. The Bertz CT molecular complexity index is 1250. The SMILES string of the molecule is C[C@H]1c2[nH]c3ccccc3c2C[C@H]2C(=O)N(/N=C/c3ccc(C(F)(F)F)cc3)CC(=O)N21. The Balaban J connectivity index is 1.41. The van der Waals surface area contributed by atoms with E-state index < -0.39 is 17.8 Å². The lowest BCUT2D eigenvalue weighted by Crippen LogP contribution is -2.61. The van der Waals surface area contributed by atoms with Gasteiger partial charge in [-0.25, -0.2) is 5.01 Å². The van der Waals surface area contributed by atoms with Gasteiger partial charge in [-0.2, -0.15) is 18.3 Å². The average Bonchev–Trinajstić information content (AvgIpc) is 3.14. The standard InChI is InChI=1S/C23H19F3N4O2/c1-13-21-17(16-4-2-3-5-18(16)28-21)10-19-22(32)29(12-20(31)30(13)19)27-11-14-6-8-15(9-7-14)23(24,25)26/h2-9,11,13,19,28H,10,12H2,1H3/b27-11+/t13-,19-/m0/s1. The summed E-state index contributed by atoms with van der Waals surface area (Å²) in [6.45, 7) is 1.68. The molecule has 3 heterocycles. The van der Waals surface area contributed by atoms with Gasteiger partial charge in [0.15, 0.2) is 0 Å². The summed E-state index contributed by atoms with van der Waals surface area (Å²) in [6.07, 6.45) is -2.75. The van der Waals surface area contributed by atoms with Gasteiger partial charge in [-0.15, -0.1) is 0 Å². The molecule has 1 fully saturated rings. The van der Waals surface area contributed by atoms with Gasteiger partial charge in [0.05, 0.1) is 17.8 Å². The second-order valence-corrected chi connectivity index (χ2v) is 8.02. The lowest BCUT2D eigenvalue weighted by atomic mass is 9.90. The second kappa shape index (κ2) is 7.22. The van der Waals surface area contributed by atoms with Gasteiger partial charge in [-0.3, -0.25) is 9.59 Å². The fourth-order valence-electron chi connectivity index (χ4n) is 4.55. The highest BCUT2D eigenvalue weighted by molar-refractivity contribution is 5.97. The predicted octanol–water partition coefficient (Wildman–Crippen LogP) is 3.88. The highest BCUT2D eigenvalue weighted by atomic mass is 19.4. The Morgan fingerprint density at radius 1 is 1.09 bits per heavy atom. The molecular weight excluding hydrogens is 421 g/mol. The molecule has 0 saturated carbocycles. The molecule has 2 aromatic carbocycles. The Hall–Kier alpha value is -3.62. The number of aromatic nitrogens is 1. The van der Waals surface area contributed by atoms with Crippen LogP contribution in [-0.2, 0) is 22.2 Å². The number of hydrazone groups is 1. The van der Waals surface area contributed by atoms with E-state index in [-0.39, 0.29) is 24.4 Å². The first kappa shape index (κ1) is 20.3. The maximum Gasteiger partial charge on any atom is 0.416 e. The van der Waals surface area contributed by atoms with Crippen LogP contribution in [0.25, 0.3) is 10.9 Å². The Labute approximate surface area is 181 Å². The Morgan fingerprint density at radius 2 is 1.81 bits per heavy atom. The minimum atomic E-state index is -4.42. The van der Waals surface area contributed by atoms with Crippen molar-refractivity contribution in [3.63, 3.8) is 0 Å². The van der Waals surface area contributed by atoms with Crippen LogP contribution in [-0.4, -0.2) is 45.5 Å². The van der Waals surface area contributed by atoms with E-state index in [0.29, 0.717) is 12.0 Å². The van der Waals surface area contributed by atoms with Crippen LogP contribution in [0.4, 0.5) is 13.2 Å². The van der Waals surface area contributed by atoms with Crippen LogP contribution in [0.1, 0.15) is 35.3 Å². The van der Waals surface area contributed by atoms with Crippen LogP contribution in [0.5, 0.6) is 0 Å². The predicted molar refractivity (Wildman–Crippen MR) is 112 cm³/mol.